The predicted octanol–water partition coefficient (Wildman–Crippen LogP) is 4.50. The Morgan fingerprint density at radius 3 is 2.44 bits per heavy atom. The topological polar surface area (TPSA) is 52.9 Å². The molecule has 1 aliphatic heterocycles. The maximum Gasteiger partial charge on any atom is 0.282 e. The molecule has 1 heterocycles. The van der Waals surface area contributed by atoms with E-state index in [0.717, 1.165) is 22.5 Å². The molecule has 0 aromatic heterocycles. The molecule has 1 amide bonds. The number of aromatic hydroxyl groups is 1. The van der Waals surface area contributed by atoms with Crippen LogP contribution in [0.25, 0.3) is 0 Å². The summed E-state index contributed by atoms with van der Waals surface area (Å²) in [5.74, 6) is -0.00858. The van der Waals surface area contributed by atoms with Gasteiger partial charge in [-0.1, -0.05) is 30.3 Å². The molecule has 0 spiro atoms. The number of hydrogen-bond acceptors (Lipinski definition) is 3. The fraction of sp³-hybridized carbons (Fsp3) is 0.0476. The van der Waals surface area contributed by atoms with Crippen molar-refractivity contribution in [2.45, 2.75) is 6.92 Å². The summed E-state index contributed by atoms with van der Waals surface area (Å²) in [6.07, 6.45) is 0. The zero-order valence-electron chi connectivity index (χ0n) is 13.7. The smallest absolute Gasteiger partial charge is 0.282 e. The largest absolute Gasteiger partial charge is 0.508 e. The summed E-state index contributed by atoms with van der Waals surface area (Å²) < 4.78 is 0. The van der Waals surface area contributed by atoms with Crippen LogP contribution < -0.4 is 4.90 Å². The van der Waals surface area contributed by atoms with Gasteiger partial charge in [0.2, 0.25) is 0 Å². The van der Waals surface area contributed by atoms with Crippen LogP contribution in [-0.4, -0.2) is 16.7 Å². The number of carbonyl (C=O) groups excluding carboxylic acids is 1. The molecule has 0 radical (unpaired) electrons. The van der Waals surface area contributed by atoms with E-state index in [-0.39, 0.29) is 11.7 Å². The lowest BCUT2D eigenvalue weighted by Gasteiger charge is -2.16. The Labute approximate surface area is 145 Å². The number of carbonyl (C=O) groups is 1. The van der Waals surface area contributed by atoms with Gasteiger partial charge in [0.15, 0.2) is 0 Å². The minimum atomic E-state index is -0.173. The standard InChI is InChI=1S/C21H16N2O2/c1-14-5-4-6-15(13-14)22-20-18-7-2-3-8-19(18)23(21(20)25)16-9-11-17(24)12-10-16/h2-13,24H,1H3. The summed E-state index contributed by atoms with van der Waals surface area (Å²) in [5, 5.41) is 9.51. The van der Waals surface area contributed by atoms with Crippen molar-refractivity contribution in [3.8, 4) is 5.75 Å². The summed E-state index contributed by atoms with van der Waals surface area (Å²) >= 11 is 0. The molecule has 1 N–H and O–H groups in total. The lowest BCUT2D eigenvalue weighted by atomic mass is 10.1. The van der Waals surface area contributed by atoms with Gasteiger partial charge in [0.25, 0.3) is 5.91 Å². The molecular weight excluding hydrogens is 312 g/mol. The molecule has 0 aliphatic carbocycles. The molecule has 0 atom stereocenters. The highest BCUT2D eigenvalue weighted by Gasteiger charge is 2.34. The van der Waals surface area contributed by atoms with Crippen LogP contribution in [0.2, 0.25) is 0 Å². The second-order valence-corrected chi connectivity index (χ2v) is 5.97. The van der Waals surface area contributed by atoms with E-state index in [1.807, 2.05) is 55.5 Å². The molecule has 25 heavy (non-hydrogen) atoms. The summed E-state index contributed by atoms with van der Waals surface area (Å²) in [7, 11) is 0. The van der Waals surface area contributed by atoms with E-state index < -0.39 is 0 Å². The first-order valence-electron chi connectivity index (χ1n) is 8.02. The lowest BCUT2D eigenvalue weighted by molar-refractivity contribution is -0.111. The van der Waals surface area contributed by atoms with Crippen molar-refractivity contribution in [1.29, 1.82) is 0 Å². The number of aliphatic imine (C=N–C) groups is 1. The maximum atomic E-state index is 13.1. The zero-order valence-corrected chi connectivity index (χ0v) is 13.7. The summed E-state index contributed by atoms with van der Waals surface area (Å²) in [6.45, 7) is 2.00. The molecule has 3 aromatic rings. The SMILES string of the molecule is Cc1cccc(N=C2C(=O)N(c3ccc(O)cc3)c3ccccc32)c1. The Morgan fingerprint density at radius 1 is 0.920 bits per heavy atom. The number of rotatable bonds is 2. The maximum absolute atomic E-state index is 13.1. The highest BCUT2D eigenvalue weighted by molar-refractivity contribution is 6.56. The van der Waals surface area contributed by atoms with Gasteiger partial charge in [-0.05, 0) is 55.0 Å². The minimum absolute atomic E-state index is 0.164. The van der Waals surface area contributed by atoms with Crippen LogP contribution in [-0.2, 0) is 4.79 Å². The number of para-hydroxylation sites is 1. The van der Waals surface area contributed by atoms with Crippen molar-refractivity contribution < 1.29 is 9.90 Å². The number of amides is 1. The number of nitrogens with zero attached hydrogens (tertiary/aromatic N) is 2. The average Bonchev–Trinajstić information content (AvgIpc) is 2.88. The molecule has 3 aromatic carbocycles. The second-order valence-electron chi connectivity index (χ2n) is 5.97. The first-order valence-corrected chi connectivity index (χ1v) is 8.02. The third-order valence-electron chi connectivity index (χ3n) is 4.16. The van der Waals surface area contributed by atoms with Crippen molar-refractivity contribution in [2.24, 2.45) is 4.99 Å². The van der Waals surface area contributed by atoms with Gasteiger partial charge in [0.1, 0.15) is 11.5 Å². The zero-order chi connectivity index (χ0) is 17.4. The molecule has 0 unspecified atom stereocenters. The van der Waals surface area contributed by atoms with Gasteiger partial charge < -0.3 is 5.11 Å². The fourth-order valence-corrected chi connectivity index (χ4v) is 2.99. The van der Waals surface area contributed by atoms with Crippen molar-refractivity contribution in [3.63, 3.8) is 0 Å². The molecule has 0 fully saturated rings. The Bertz CT molecular complexity index is 991. The molecule has 0 saturated carbocycles. The van der Waals surface area contributed by atoms with Crippen molar-refractivity contribution in [1.82, 2.24) is 0 Å². The Kier molecular flexibility index (Phi) is 3.58. The highest BCUT2D eigenvalue weighted by atomic mass is 16.3. The van der Waals surface area contributed by atoms with Gasteiger partial charge in [-0.15, -0.1) is 0 Å². The lowest BCUT2D eigenvalue weighted by Crippen LogP contribution is -2.25. The molecule has 122 valence electrons. The molecule has 0 bridgehead atoms. The van der Waals surface area contributed by atoms with Crippen LogP contribution in [0.1, 0.15) is 11.1 Å². The van der Waals surface area contributed by atoms with Crippen LogP contribution in [0.5, 0.6) is 5.75 Å². The van der Waals surface area contributed by atoms with E-state index in [4.69, 9.17) is 0 Å². The van der Waals surface area contributed by atoms with Gasteiger partial charge in [-0.25, -0.2) is 4.99 Å². The minimum Gasteiger partial charge on any atom is -0.508 e. The molecule has 4 rings (SSSR count). The van der Waals surface area contributed by atoms with Gasteiger partial charge in [-0.2, -0.15) is 0 Å². The molecule has 4 heteroatoms. The normalized spacial score (nSPS) is 14.8. The summed E-state index contributed by atoms with van der Waals surface area (Å²) in [4.78, 5) is 19.3. The van der Waals surface area contributed by atoms with E-state index in [2.05, 4.69) is 4.99 Å². The fourth-order valence-electron chi connectivity index (χ4n) is 2.99. The van der Waals surface area contributed by atoms with E-state index in [1.54, 1.807) is 29.2 Å². The van der Waals surface area contributed by atoms with Crippen LogP contribution in [0.3, 0.4) is 0 Å². The van der Waals surface area contributed by atoms with Crippen LogP contribution >= 0.6 is 0 Å². The number of hydrogen-bond donors (Lipinski definition) is 1. The van der Waals surface area contributed by atoms with Gasteiger partial charge in [0, 0.05) is 11.3 Å². The number of phenols is 1. The van der Waals surface area contributed by atoms with Crippen LogP contribution in [0, 0.1) is 6.92 Å². The number of benzene rings is 3. The van der Waals surface area contributed by atoms with Gasteiger partial charge in [-0.3, -0.25) is 9.69 Å². The highest BCUT2D eigenvalue weighted by Crippen LogP contribution is 2.37. The van der Waals surface area contributed by atoms with Crippen molar-refractivity contribution in [2.75, 3.05) is 4.90 Å². The average molecular weight is 328 g/mol. The molecule has 4 nitrogen and oxygen atoms in total. The number of aryl methyl sites for hydroxylation is 1. The monoisotopic (exact) mass is 328 g/mol. The van der Waals surface area contributed by atoms with Gasteiger partial charge in [0.05, 0.1) is 11.4 Å². The van der Waals surface area contributed by atoms with Gasteiger partial charge >= 0.3 is 0 Å². The van der Waals surface area contributed by atoms with E-state index in [9.17, 15) is 9.90 Å². The van der Waals surface area contributed by atoms with Crippen LogP contribution in [0.15, 0.2) is 77.8 Å². The Balaban J connectivity index is 1.85. The molecule has 0 saturated heterocycles. The quantitative estimate of drug-likeness (QED) is 0.753. The Morgan fingerprint density at radius 2 is 1.68 bits per heavy atom. The first kappa shape index (κ1) is 15.1. The van der Waals surface area contributed by atoms with Crippen molar-refractivity contribution in [3.05, 3.63) is 83.9 Å². The predicted molar refractivity (Wildman–Crippen MR) is 99.1 cm³/mol. The summed E-state index contributed by atoms with van der Waals surface area (Å²) in [5.41, 5.74) is 4.58. The van der Waals surface area contributed by atoms with Crippen LogP contribution in [0.4, 0.5) is 17.1 Å². The summed E-state index contributed by atoms with van der Waals surface area (Å²) in [6, 6.07) is 22.0. The van der Waals surface area contributed by atoms with E-state index >= 15 is 0 Å². The molecular formula is C21H16N2O2. The third kappa shape index (κ3) is 2.68. The third-order valence-corrected chi connectivity index (χ3v) is 4.16. The first-order chi connectivity index (χ1) is 12.1. The van der Waals surface area contributed by atoms with E-state index in [1.165, 1.54) is 0 Å². The Hall–Kier alpha value is -3.40. The number of phenolic OH excluding ortho intramolecular Hbond substituents is 1. The molecule has 1 aliphatic rings. The van der Waals surface area contributed by atoms with E-state index in [0.29, 0.717) is 11.4 Å². The second kappa shape index (κ2) is 5.91. The number of fused-ring (bicyclic) bond motifs is 1. The van der Waals surface area contributed by atoms with Crippen molar-refractivity contribution >= 4 is 28.7 Å². The number of anilines is 2.